The predicted octanol–water partition coefficient (Wildman–Crippen LogP) is 2.99. The Hall–Kier alpha value is -1.82. The van der Waals surface area contributed by atoms with Crippen LogP contribution in [0, 0.1) is 17.2 Å². The number of carbonyl (C=O) groups is 1. The summed E-state index contributed by atoms with van der Waals surface area (Å²) in [7, 11) is 0. The summed E-state index contributed by atoms with van der Waals surface area (Å²) in [4.78, 5) is 12.4. The molecule has 1 N–H and O–H groups in total. The molecule has 2 rings (SSSR count). The van der Waals surface area contributed by atoms with E-state index in [-0.39, 0.29) is 23.8 Å². The largest absolute Gasteiger partial charge is 0.352 e. The second-order valence-corrected chi connectivity index (χ2v) is 5.15. The zero-order chi connectivity index (χ0) is 13.7. The van der Waals surface area contributed by atoms with Crippen LogP contribution in [0.15, 0.2) is 30.3 Å². The highest BCUT2D eigenvalue weighted by atomic mass is 16.1. The van der Waals surface area contributed by atoms with E-state index in [9.17, 15) is 4.79 Å². The van der Waals surface area contributed by atoms with E-state index in [1.165, 1.54) is 0 Å². The molecule has 1 amide bonds. The van der Waals surface area contributed by atoms with E-state index >= 15 is 0 Å². The normalized spacial score (nSPS) is 23.6. The quantitative estimate of drug-likeness (QED) is 0.900. The molecule has 19 heavy (non-hydrogen) atoms. The Morgan fingerprint density at radius 2 is 2.16 bits per heavy atom. The van der Waals surface area contributed by atoms with Gasteiger partial charge in [0.2, 0.25) is 5.91 Å². The van der Waals surface area contributed by atoms with Crippen molar-refractivity contribution in [2.45, 2.75) is 44.6 Å². The van der Waals surface area contributed by atoms with Gasteiger partial charge in [-0.25, -0.2) is 0 Å². The highest BCUT2D eigenvalue weighted by Gasteiger charge is 2.30. The van der Waals surface area contributed by atoms with Gasteiger partial charge in [-0.15, -0.1) is 0 Å². The fraction of sp³-hybridized carbons (Fsp3) is 0.500. The van der Waals surface area contributed by atoms with Crippen LogP contribution in [-0.4, -0.2) is 11.9 Å². The molecule has 1 saturated carbocycles. The summed E-state index contributed by atoms with van der Waals surface area (Å²) in [5, 5.41) is 12.1. The Kier molecular flexibility index (Phi) is 4.57. The minimum Gasteiger partial charge on any atom is -0.352 e. The number of carbonyl (C=O) groups excluding carboxylic acids is 1. The standard InChI is InChI=1S/C16H20N2O/c1-2-14(12-7-4-3-5-8-12)16(19)18-15-10-6-9-13(15)11-17/h3-5,7-8,13-15H,2,6,9-10H2,1H3,(H,18,19). The number of nitrogens with zero attached hydrogens (tertiary/aromatic N) is 1. The van der Waals surface area contributed by atoms with Gasteiger partial charge in [-0.1, -0.05) is 37.3 Å². The van der Waals surface area contributed by atoms with Crippen LogP contribution in [0.4, 0.5) is 0 Å². The van der Waals surface area contributed by atoms with Crippen molar-refractivity contribution >= 4 is 5.91 Å². The molecule has 0 saturated heterocycles. The third-order valence-corrected chi connectivity index (χ3v) is 3.94. The molecule has 100 valence electrons. The Balaban J connectivity index is 2.04. The molecule has 1 aromatic rings. The lowest BCUT2D eigenvalue weighted by Gasteiger charge is -2.20. The monoisotopic (exact) mass is 256 g/mol. The molecule has 0 bridgehead atoms. The lowest BCUT2D eigenvalue weighted by molar-refractivity contribution is -0.123. The van der Waals surface area contributed by atoms with Gasteiger partial charge in [0.05, 0.1) is 17.9 Å². The Morgan fingerprint density at radius 3 is 2.79 bits per heavy atom. The molecule has 1 fully saturated rings. The first-order chi connectivity index (χ1) is 9.26. The molecule has 1 aliphatic rings. The smallest absolute Gasteiger partial charge is 0.227 e. The van der Waals surface area contributed by atoms with Crippen molar-refractivity contribution in [1.29, 1.82) is 5.26 Å². The van der Waals surface area contributed by atoms with Gasteiger partial charge in [0, 0.05) is 6.04 Å². The van der Waals surface area contributed by atoms with Crippen molar-refractivity contribution in [2.75, 3.05) is 0 Å². The van der Waals surface area contributed by atoms with E-state index in [4.69, 9.17) is 5.26 Å². The highest BCUT2D eigenvalue weighted by molar-refractivity contribution is 5.83. The van der Waals surface area contributed by atoms with E-state index in [1.807, 2.05) is 37.3 Å². The zero-order valence-corrected chi connectivity index (χ0v) is 11.3. The summed E-state index contributed by atoms with van der Waals surface area (Å²) in [5.74, 6) is -0.0702. The van der Waals surface area contributed by atoms with Gasteiger partial charge in [-0.05, 0) is 31.2 Å². The number of nitriles is 1. The maximum atomic E-state index is 12.4. The molecular formula is C16H20N2O. The van der Waals surface area contributed by atoms with E-state index in [0.717, 1.165) is 31.2 Å². The van der Waals surface area contributed by atoms with Gasteiger partial charge >= 0.3 is 0 Å². The summed E-state index contributed by atoms with van der Waals surface area (Å²) in [6, 6.07) is 12.2. The van der Waals surface area contributed by atoms with E-state index in [0.29, 0.717) is 0 Å². The van der Waals surface area contributed by atoms with Crippen LogP contribution in [0.3, 0.4) is 0 Å². The van der Waals surface area contributed by atoms with Gasteiger partial charge in [-0.2, -0.15) is 5.26 Å². The summed E-state index contributed by atoms with van der Waals surface area (Å²) in [5.41, 5.74) is 1.05. The predicted molar refractivity (Wildman–Crippen MR) is 74.4 cm³/mol. The Morgan fingerprint density at radius 1 is 1.42 bits per heavy atom. The van der Waals surface area contributed by atoms with Gasteiger partial charge in [0.1, 0.15) is 0 Å². The molecule has 3 atom stereocenters. The fourth-order valence-electron chi connectivity index (χ4n) is 2.83. The minimum atomic E-state index is -0.110. The van der Waals surface area contributed by atoms with E-state index in [2.05, 4.69) is 11.4 Å². The third kappa shape index (κ3) is 3.14. The third-order valence-electron chi connectivity index (χ3n) is 3.94. The first-order valence-corrected chi connectivity index (χ1v) is 7.01. The maximum absolute atomic E-state index is 12.4. The van der Waals surface area contributed by atoms with Crippen LogP contribution in [0.2, 0.25) is 0 Å². The molecular weight excluding hydrogens is 236 g/mol. The number of hydrogen-bond acceptors (Lipinski definition) is 2. The average Bonchev–Trinajstić information content (AvgIpc) is 2.88. The Bertz CT molecular complexity index is 463. The maximum Gasteiger partial charge on any atom is 0.227 e. The van der Waals surface area contributed by atoms with Gasteiger partial charge in [0.15, 0.2) is 0 Å². The van der Waals surface area contributed by atoms with Crippen molar-refractivity contribution in [1.82, 2.24) is 5.32 Å². The number of amides is 1. The van der Waals surface area contributed by atoms with Crippen LogP contribution in [0.25, 0.3) is 0 Å². The van der Waals surface area contributed by atoms with Gasteiger partial charge < -0.3 is 5.32 Å². The molecule has 3 unspecified atom stereocenters. The molecule has 1 aromatic carbocycles. The van der Waals surface area contributed by atoms with Crippen molar-refractivity contribution < 1.29 is 4.79 Å². The average molecular weight is 256 g/mol. The summed E-state index contributed by atoms with van der Waals surface area (Å²) < 4.78 is 0. The highest BCUT2D eigenvalue weighted by Crippen LogP contribution is 2.26. The number of hydrogen-bond donors (Lipinski definition) is 1. The van der Waals surface area contributed by atoms with E-state index < -0.39 is 0 Å². The Labute approximate surface area is 114 Å². The molecule has 1 aliphatic carbocycles. The number of rotatable bonds is 4. The van der Waals surface area contributed by atoms with Crippen LogP contribution in [0.5, 0.6) is 0 Å². The molecule has 0 aromatic heterocycles. The molecule has 3 nitrogen and oxygen atoms in total. The SMILES string of the molecule is CCC(C(=O)NC1CCCC1C#N)c1ccccc1. The first-order valence-electron chi connectivity index (χ1n) is 7.01. The second kappa shape index (κ2) is 6.38. The number of nitrogens with one attached hydrogen (secondary N) is 1. The van der Waals surface area contributed by atoms with Crippen LogP contribution in [-0.2, 0) is 4.79 Å². The van der Waals surface area contributed by atoms with Crippen LogP contribution in [0.1, 0.15) is 44.1 Å². The summed E-state index contributed by atoms with van der Waals surface area (Å²) >= 11 is 0. The lowest BCUT2D eigenvalue weighted by Crippen LogP contribution is -2.39. The molecule has 0 heterocycles. The molecule has 3 heteroatoms. The first kappa shape index (κ1) is 13.6. The van der Waals surface area contributed by atoms with Crippen molar-refractivity contribution in [3.8, 4) is 6.07 Å². The topological polar surface area (TPSA) is 52.9 Å². The van der Waals surface area contributed by atoms with Crippen molar-refractivity contribution in [3.63, 3.8) is 0 Å². The summed E-state index contributed by atoms with van der Waals surface area (Å²) in [6.07, 6.45) is 3.64. The van der Waals surface area contributed by atoms with Gasteiger partial charge in [-0.3, -0.25) is 4.79 Å². The number of benzene rings is 1. The molecule has 0 radical (unpaired) electrons. The molecule has 0 spiro atoms. The second-order valence-electron chi connectivity index (χ2n) is 5.15. The van der Waals surface area contributed by atoms with Crippen molar-refractivity contribution in [2.24, 2.45) is 5.92 Å². The van der Waals surface area contributed by atoms with Crippen molar-refractivity contribution in [3.05, 3.63) is 35.9 Å². The lowest BCUT2D eigenvalue weighted by atomic mass is 9.94. The van der Waals surface area contributed by atoms with Gasteiger partial charge in [0.25, 0.3) is 0 Å². The fourth-order valence-corrected chi connectivity index (χ4v) is 2.83. The van der Waals surface area contributed by atoms with Crippen LogP contribution >= 0.6 is 0 Å². The zero-order valence-electron chi connectivity index (χ0n) is 11.3. The van der Waals surface area contributed by atoms with E-state index in [1.54, 1.807) is 0 Å². The molecule has 0 aliphatic heterocycles. The van der Waals surface area contributed by atoms with Crippen LogP contribution < -0.4 is 5.32 Å². The summed E-state index contributed by atoms with van der Waals surface area (Å²) in [6.45, 7) is 2.02. The minimum absolute atomic E-state index is 0.0165.